The van der Waals surface area contributed by atoms with Crippen molar-refractivity contribution in [2.24, 2.45) is 0 Å². The van der Waals surface area contributed by atoms with Crippen molar-refractivity contribution in [3.8, 4) is 0 Å². The second kappa shape index (κ2) is 7.87. The second-order valence-corrected chi connectivity index (χ2v) is 7.42. The highest BCUT2D eigenvalue weighted by Crippen LogP contribution is 2.27. The van der Waals surface area contributed by atoms with Crippen molar-refractivity contribution in [1.29, 1.82) is 0 Å². The topological polar surface area (TPSA) is 66.3 Å². The number of hydrogen-bond acceptors (Lipinski definition) is 5. The molecule has 0 spiro atoms. The number of hydrogen-bond donors (Lipinski definition) is 1. The average Bonchev–Trinajstić information content (AvgIpc) is 2.60. The molecule has 1 aliphatic rings. The monoisotopic (exact) mass is 357 g/mol. The van der Waals surface area contributed by atoms with Crippen LogP contribution in [0.15, 0.2) is 35.5 Å². The summed E-state index contributed by atoms with van der Waals surface area (Å²) in [7, 11) is 0. The largest absolute Gasteiger partial charge is 0.478 e. The molecule has 0 amide bonds. The number of rotatable bonds is 5. The summed E-state index contributed by atoms with van der Waals surface area (Å²) in [6, 6.07) is 9.55. The number of benzene rings is 1. The third kappa shape index (κ3) is 4.51. The van der Waals surface area contributed by atoms with Crippen LogP contribution in [0.4, 0.5) is 5.82 Å². The van der Waals surface area contributed by atoms with E-state index in [9.17, 15) is 4.79 Å². The van der Waals surface area contributed by atoms with Crippen LogP contribution >= 0.6 is 11.8 Å². The van der Waals surface area contributed by atoms with E-state index in [0.29, 0.717) is 11.6 Å². The number of aromatic carboxylic acids is 1. The Kier molecular flexibility index (Phi) is 5.58. The van der Waals surface area contributed by atoms with Crippen LogP contribution in [-0.4, -0.2) is 33.6 Å². The minimum absolute atomic E-state index is 0.307. The minimum Gasteiger partial charge on any atom is -0.478 e. The highest BCUT2D eigenvalue weighted by atomic mass is 32.2. The molecule has 1 saturated heterocycles. The fraction of sp³-hybridized carbons (Fsp3) is 0.421. The Hall–Kier alpha value is -2.08. The lowest BCUT2D eigenvalue weighted by atomic mass is 10.0. The summed E-state index contributed by atoms with van der Waals surface area (Å²) >= 11 is 1.59. The van der Waals surface area contributed by atoms with E-state index in [4.69, 9.17) is 10.1 Å². The van der Waals surface area contributed by atoms with Gasteiger partial charge in [0.05, 0.1) is 5.56 Å². The molecule has 1 aliphatic heterocycles. The van der Waals surface area contributed by atoms with Gasteiger partial charge in [0.25, 0.3) is 0 Å². The molecule has 2 heterocycles. The summed E-state index contributed by atoms with van der Waals surface area (Å²) < 4.78 is 0. The van der Waals surface area contributed by atoms with Crippen molar-refractivity contribution < 1.29 is 9.90 Å². The van der Waals surface area contributed by atoms with Crippen molar-refractivity contribution >= 4 is 23.5 Å². The fourth-order valence-corrected chi connectivity index (χ4v) is 3.92. The van der Waals surface area contributed by atoms with E-state index >= 15 is 0 Å². The van der Waals surface area contributed by atoms with E-state index in [0.717, 1.165) is 34.5 Å². The number of carboxylic acids is 1. The SMILES string of the molecule is Cc1cc(N2CCCCC2C)nc(SCc2ccc(C(=O)O)cc2)n1. The predicted octanol–water partition coefficient (Wildman–Crippen LogP) is 4.15. The van der Waals surface area contributed by atoms with Gasteiger partial charge in [0.2, 0.25) is 0 Å². The van der Waals surface area contributed by atoms with Gasteiger partial charge in [-0.2, -0.15) is 0 Å². The van der Waals surface area contributed by atoms with Gasteiger partial charge in [-0.3, -0.25) is 0 Å². The van der Waals surface area contributed by atoms with Crippen LogP contribution in [0.2, 0.25) is 0 Å². The summed E-state index contributed by atoms with van der Waals surface area (Å²) in [5, 5.41) is 9.73. The number of aromatic nitrogens is 2. The fourth-order valence-electron chi connectivity index (χ4n) is 3.07. The molecule has 0 radical (unpaired) electrons. The first-order valence-corrected chi connectivity index (χ1v) is 9.59. The molecule has 25 heavy (non-hydrogen) atoms. The molecule has 1 N–H and O–H groups in total. The summed E-state index contributed by atoms with van der Waals surface area (Å²) in [6.45, 7) is 5.32. The van der Waals surface area contributed by atoms with Gasteiger partial charge in [-0.25, -0.2) is 14.8 Å². The van der Waals surface area contributed by atoms with Gasteiger partial charge in [0.1, 0.15) is 5.82 Å². The molecule has 1 atom stereocenters. The molecule has 132 valence electrons. The number of thioether (sulfide) groups is 1. The molecule has 6 heteroatoms. The zero-order chi connectivity index (χ0) is 17.8. The Morgan fingerprint density at radius 2 is 2.04 bits per heavy atom. The first-order valence-electron chi connectivity index (χ1n) is 8.60. The maximum absolute atomic E-state index is 10.9. The molecule has 0 saturated carbocycles. The molecule has 1 fully saturated rings. The summed E-state index contributed by atoms with van der Waals surface area (Å²) in [6.07, 6.45) is 3.71. The summed E-state index contributed by atoms with van der Waals surface area (Å²) in [5.74, 6) is 0.836. The van der Waals surface area contributed by atoms with Crippen LogP contribution < -0.4 is 4.90 Å². The maximum Gasteiger partial charge on any atom is 0.335 e. The zero-order valence-electron chi connectivity index (χ0n) is 14.6. The van der Waals surface area contributed by atoms with Crippen molar-refractivity contribution in [2.75, 3.05) is 11.4 Å². The maximum atomic E-state index is 10.9. The number of nitrogens with zero attached hydrogens (tertiary/aromatic N) is 3. The third-order valence-corrected chi connectivity index (χ3v) is 5.40. The lowest BCUT2D eigenvalue weighted by molar-refractivity contribution is 0.0697. The first-order chi connectivity index (χ1) is 12.0. The van der Waals surface area contributed by atoms with E-state index in [1.807, 2.05) is 19.1 Å². The molecule has 1 aromatic heterocycles. The number of aryl methyl sites for hydroxylation is 1. The number of piperidine rings is 1. The van der Waals surface area contributed by atoms with Crippen LogP contribution in [0.5, 0.6) is 0 Å². The third-order valence-electron chi connectivity index (χ3n) is 4.49. The Bertz CT molecular complexity index is 749. The van der Waals surface area contributed by atoms with E-state index in [1.165, 1.54) is 19.3 Å². The molecule has 0 bridgehead atoms. The first kappa shape index (κ1) is 17.7. The molecule has 5 nitrogen and oxygen atoms in total. The van der Waals surface area contributed by atoms with Crippen molar-refractivity contribution in [3.05, 3.63) is 47.2 Å². The predicted molar refractivity (Wildman–Crippen MR) is 100 cm³/mol. The molecular formula is C19H23N3O2S. The molecule has 1 unspecified atom stereocenters. The number of carboxylic acid groups (broad SMARTS) is 1. The zero-order valence-corrected chi connectivity index (χ0v) is 15.4. The Labute approximate surface area is 152 Å². The Morgan fingerprint density at radius 1 is 1.28 bits per heavy atom. The van der Waals surface area contributed by atoms with Gasteiger partial charge >= 0.3 is 5.97 Å². The van der Waals surface area contributed by atoms with Gasteiger partial charge in [-0.1, -0.05) is 23.9 Å². The summed E-state index contributed by atoms with van der Waals surface area (Å²) in [4.78, 5) is 22.6. The number of anilines is 1. The molecule has 1 aromatic carbocycles. The van der Waals surface area contributed by atoms with Crippen LogP contribution in [0.3, 0.4) is 0 Å². The molecule has 3 rings (SSSR count). The van der Waals surface area contributed by atoms with Crippen molar-refractivity contribution in [3.63, 3.8) is 0 Å². The lowest BCUT2D eigenvalue weighted by Crippen LogP contribution is -2.38. The van der Waals surface area contributed by atoms with Gasteiger partial charge < -0.3 is 10.0 Å². The van der Waals surface area contributed by atoms with E-state index in [-0.39, 0.29) is 0 Å². The lowest BCUT2D eigenvalue weighted by Gasteiger charge is -2.34. The standard InChI is InChI=1S/C19H23N3O2S/c1-13-11-17(22-10-4-3-5-14(22)2)21-19(20-13)25-12-15-6-8-16(9-7-15)18(23)24/h6-9,11,14H,3-5,10,12H2,1-2H3,(H,23,24). The van der Waals surface area contributed by atoms with Gasteiger partial charge in [-0.05, 0) is 50.8 Å². The van der Waals surface area contributed by atoms with Gasteiger partial charge in [0.15, 0.2) is 5.16 Å². The van der Waals surface area contributed by atoms with Crippen LogP contribution in [0.1, 0.15) is 47.8 Å². The Morgan fingerprint density at radius 3 is 2.72 bits per heavy atom. The smallest absolute Gasteiger partial charge is 0.335 e. The second-order valence-electron chi connectivity index (χ2n) is 6.48. The quantitative estimate of drug-likeness (QED) is 0.640. The van der Waals surface area contributed by atoms with Crippen LogP contribution in [-0.2, 0) is 5.75 Å². The average molecular weight is 357 g/mol. The van der Waals surface area contributed by atoms with Crippen LogP contribution in [0.25, 0.3) is 0 Å². The van der Waals surface area contributed by atoms with Crippen LogP contribution in [0, 0.1) is 6.92 Å². The summed E-state index contributed by atoms with van der Waals surface area (Å²) in [5.41, 5.74) is 2.35. The van der Waals surface area contributed by atoms with E-state index in [2.05, 4.69) is 22.9 Å². The minimum atomic E-state index is -0.901. The molecule has 0 aliphatic carbocycles. The van der Waals surface area contributed by atoms with E-state index in [1.54, 1.807) is 23.9 Å². The van der Waals surface area contributed by atoms with Crippen molar-refractivity contribution in [1.82, 2.24) is 9.97 Å². The molecular weight excluding hydrogens is 334 g/mol. The highest BCUT2D eigenvalue weighted by Gasteiger charge is 2.20. The highest BCUT2D eigenvalue weighted by molar-refractivity contribution is 7.98. The van der Waals surface area contributed by atoms with Crippen molar-refractivity contribution in [2.45, 2.75) is 50.1 Å². The molecule has 2 aromatic rings. The van der Waals surface area contributed by atoms with Gasteiger partial charge in [0, 0.05) is 30.1 Å². The van der Waals surface area contributed by atoms with E-state index < -0.39 is 5.97 Å². The normalized spacial score (nSPS) is 17.5. The number of carbonyl (C=O) groups is 1. The Balaban J connectivity index is 1.71. The van der Waals surface area contributed by atoms with Gasteiger partial charge in [-0.15, -0.1) is 0 Å².